The van der Waals surface area contributed by atoms with Crippen LogP contribution in [0.15, 0.2) is 66.1 Å². The molecular weight excluding hydrogens is 392 g/mol. The monoisotopic (exact) mass is 410 g/mol. The number of amides is 1. The number of anilines is 2. The standard InChI is InChI=1S/C21H18N2O7/c1-28-20(26)14-9-5-6-10-15(14)23-17(25)12-30-21(27)18-16(24)11-29-19(18)22-13-7-3-2-4-8-13/h2-10,22H,11-12H2,1H3,(H,23,25). The molecule has 0 radical (unpaired) electrons. The van der Waals surface area contributed by atoms with Crippen LogP contribution in [0.4, 0.5) is 11.4 Å². The number of hydrogen-bond acceptors (Lipinski definition) is 8. The average Bonchev–Trinajstić information content (AvgIpc) is 3.12. The molecule has 154 valence electrons. The summed E-state index contributed by atoms with van der Waals surface area (Å²) in [6.45, 7) is -0.970. The predicted molar refractivity (Wildman–Crippen MR) is 105 cm³/mol. The van der Waals surface area contributed by atoms with E-state index >= 15 is 0 Å². The highest BCUT2D eigenvalue weighted by atomic mass is 16.5. The van der Waals surface area contributed by atoms with E-state index in [0.29, 0.717) is 5.69 Å². The molecule has 0 spiro atoms. The van der Waals surface area contributed by atoms with E-state index in [1.165, 1.54) is 19.2 Å². The van der Waals surface area contributed by atoms with Crippen molar-refractivity contribution in [3.63, 3.8) is 0 Å². The van der Waals surface area contributed by atoms with Crippen molar-refractivity contribution >= 4 is 35.0 Å². The molecule has 2 aromatic rings. The molecule has 30 heavy (non-hydrogen) atoms. The number of benzene rings is 2. The maximum Gasteiger partial charge on any atom is 0.347 e. The molecule has 0 saturated heterocycles. The Labute approximate surface area is 171 Å². The molecule has 0 unspecified atom stereocenters. The highest BCUT2D eigenvalue weighted by molar-refractivity contribution is 6.20. The van der Waals surface area contributed by atoms with Gasteiger partial charge in [-0.1, -0.05) is 30.3 Å². The molecular formula is C21H18N2O7. The van der Waals surface area contributed by atoms with Gasteiger partial charge in [0.15, 0.2) is 18.8 Å². The van der Waals surface area contributed by atoms with E-state index in [4.69, 9.17) is 9.47 Å². The number of nitrogens with one attached hydrogen (secondary N) is 2. The zero-order chi connectivity index (χ0) is 21.5. The molecule has 0 atom stereocenters. The van der Waals surface area contributed by atoms with Gasteiger partial charge in [0.1, 0.15) is 0 Å². The molecule has 9 heteroatoms. The lowest BCUT2D eigenvalue weighted by Crippen LogP contribution is -2.24. The fraction of sp³-hybridized carbons (Fsp3) is 0.143. The van der Waals surface area contributed by atoms with Gasteiger partial charge in [-0.25, -0.2) is 9.59 Å². The number of para-hydroxylation sites is 2. The first kappa shape index (κ1) is 20.6. The third kappa shape index (κ3) is 4.82. The lowest BCUT2D eigenvalue weighted by atomic mass is 10.2. The Balaban J connectivity index is 1.64. The van der Waals surface area contributed by atoms with Crippen LogP contribution in [0.2, 0.25) is 0 Å². The van der Waals surface area contributed by atoms with Crippen molar-refractivity contribution in [2.45, 2.75) is 0 Å². The summed E-state index contributed by atoms with van der Waals surface area (Å²) < 4.78 is 14.8. The third-order valence-corrected chi connectivity index (χ3v) is 4.03. The molecule has 2 aromatic carbocycles. The van der Waals surface area contributed by atoms with Crippen LogP contribution < -0.4 is 10.6 Å². The molecule has 0 fully saturated rings. The zero-order valence-electron chi connectivity index (χ0n) is 16.0. The van der Waals surface area contributed by atoms with Crippen molar-refractivity contribution in [1.82, 2.24) is 0 Å². The third-order valence-electron chi connectivity index (χ3n) is 4.03. The molecule has 1 aliphatic rings. The van der Waals surface area contributed by atoms with Gasteiger partial charge in [-0.2, -0.15) is 0 Å². The minimum Gasteiger partial charge on any atom is -0.470 e. The normalized spacial score (nSPS) is 12.8. The summed E-state index contributed by atoms with van der Waals surface area (Å²) in [5.41, 5.74) is 0.665. The highest BCUT2D eigenvalue weighted by Gasteiger charge is 2.33. The van der Waals surface area contributed by atoms with Crippen LogP contribution in [0.1, 0.15) is 10.4 Å². The van der Waals surface area contributed by atoms with Crippen molar-refractivity contribution < 1.29 is 33.4 Å². The van der Waals surface area contributed by atoms with Gasteiger partial charge in [0.05, 0.1) is 18.4 Å². The SMILES string of the molecule is COC(=O)c1ccccc1NC(=O)COC(=O)C1=C(Nc2ccccc2)OCC1=O. The lowest BCUT2D eigenvalue weighted by molar-refractivity contribution is -0.144. The molecule has 9 nitrogen and oxygen atoms in total. The van der Waals surface area contributed by atoms with Gasteiger partial charge in [0.25, 0.3) is 5.91 Å². The van der Waals surface area contributed by atoms with Gasteiger partial charge in [0.2, 0.25) is 11.7 Å². The molecule has 1 aliphatic heterocycles. The van der Waals surface area contributed by atoms with Crippen LogP contribution in [-0.4, -0.2) is 44.0 Å². The van der Waals surface area contributed by atoms with Crippen LogP contribution in [0.5, 0.6) is 0 Å². The molecule has 3 rings (SSSR count). The topological polar surface area (TPSA) is 120 Å². The number of ether oxygens (including phenoxy) is 3. The lowest BCUT2D eigenvalue weighted by Gasteiger charge is -2.10. The summed E-state index contributed by atoms with van der Waals surface area (Å²) in [4.78, 5) is 48.3. The van der Waals surface area contributed by atoms with Crippen molar-refractivity contribution in [3.8, 4) is 0 Å². The number of esters is 2. The van der Waals surface area contributed by atoms with E-state index in [9.17, 15) is 19.2 Å². The molecule has 0 aromatic heterocycles. The van der Waals surface area contributed by atoms with Gasteiger partial charge in [0, 0.05) is 5.69 Å². The molecule has 0 bridgehead atoms. The quantitative estimate of drug-likeness (QED) is 0.524. The minimum atomic E-state index is -0.993. The van der Waals surface area contributed by atoms with E-state index in [-0.39, 0.29) is 29.3 Å². The van der Waals surface area contributed by atoms with Gasteiger partial charge >= 0.3 is 11.9 Å². The summed E-state index contributed by atoms with van der Waals surface area (Å²) in [5, 5.41) is 5.31. The number of methoxy groups -OCH3 is 1. The summed E-state index contributed by atoms with van der Waals surface area (Å²) in [5.74, 6) is -2.91. The first-order valence-electron chi connectivity index (χ1n) is 8.86. The molecule has 0 aliphatic carbocycles. The average molecular weight is 410 g/mol. The van der Waals surface area contributed by atoms with Crippen LogP contribution in [0.3, 0.4) is 0 Å². The summed E-state index contributed by atoms with van der Waals surface area (Å²) in [6.07, 6.45) is 0. The number of hydrogen-bond donors (Lipinski definition) is 2. The molecule has 0 saturated carbocycles. The second-order valence-corrected chi connectivity index (χ2v) is 6.07. The van der Waals surface area contributed by atoms with E-state index in [1.807, 2.05) is 6.07 Å². The smallest absolute Gasteiger partial charge is 0.347 e. The van der Waals surface area contributed by atoms with E-state index < -0.39 is 30.2 Å². The largest absolute Gasteiger partial charge is 0.470 e. The van der Waals surface area contributed by atoms with Crippen LogP contribution >= 0.6 is 0 Å². The second-order valence-electron chi connectivity index (χ2n) is 6.07. The van der Waals surface area contributed by atoms with Crippen molar-refractivity contribution in [1.29, 1.82) is 0 Å². The summed E-state index contributed by atoms with van der Waals surface area (Å²) >= 11 is 0. The molecule has 2 N–H and O–H groups in total. The Kier molecular flexibility index (Phi) is 6.43. The Morgan fingerprint density at radius 1 is 1.00 bits per heavy atom. The predicted octanol–water partition coefficient (Wildman–Crippen LogP) is 1.88. The van der Waals surface area contributed by atoms with E-state index in [1.54, 1.807) is 36.4 Å². The number of Topliss-reactive ketones (excluding diaryl/α,β-unsaturated/α-hetero) is 1. The number of carbonyl (C=O) groups is 4. The first-order valence-corrected chi connectivity index (χ1v) is 8.86. The van der Waals surface area contributed by atoms with Crippen molar-refractivity contribution in [2.24, 2.45) is 0 Å². The fourth-order valence-corrected chi connectivity index (χ4v) is 2.64. The second kappa shape index (κ2) is 9.37. The Hall–Kier alpha value is -4.14. The summed E-state index contributed by atoms with van der Waals surface area (Å²) in [7, 11) is 1.22. The van der Waals surface area contributed by atoms with Crippen LogP contribution in [0, 0.1) is 0 Å². The van der Waals surface area contributed by atoms with Gasteiger partial charge < -0.3 is 24.8 Å². The van der Waals surface area contributed by atoms with Crippen molar-refractivity contribution in [2.75, 3.05) is 31.0 Å². The Morgan fingerprint density at radius 2 is 1.70 bits per heavy atom. The van der Waals surface area contributed by atoms with E-state index in [0.717, 1.165) is 0 Å². The molecule has 1 amide bonds. The van der Waals surface area contributed by atoms with Gasteiger partial charge in [-0.3, -0.25) is 9.59 Å². The zero-order valence-corrected chi connectivity index (χ0v) is 16.0. The number of rotatable bonds is 7. The van der Waals surface area contributed by atoms with E-state index in [2.05, 4.69) is 15.4 Å². The maximum absolute atomic E-state index is 12.4. The highest BCUT2D eigenvalue weighted by Crippen LogP contribution is 2.21. The Morgan fingerprint density at radius 3 is 2.43 bits per heavy atom. The van der Waals surface area contributed by atoms with Gasteiger partial charge in [-0.05, 0) is 24.3 Å². The number of ketones is 1. The van der Waals surface area contributed by atoms with Crippen molar-refractivity contribution in [3.05, 3.63) is 71.6 Å². The van der Waals surface area contributed by atoms with Crippen LogP contribution in [-0.2, 0) is 28.6 Å². The Bertz CT molecular complexity index is 1020. The molecule has 1 heterocycles. The van der Waals surface area contributed by atoms with Gasteiger partial charge in [-0.15, -0.1) is 0 Å². The minimum absolute atomic E-state index is 0.0346. The fourth-order valence-electron chi connectivity index (χ4n) is 2.64. The first-order chi connectivity index (χ1) is 14.5. The summed E-state index contributed by atoms with van der Waals surface area (Å²) in [6, 6.07) is 15.0. The van der Waals surface area contributed by atoms with Crippen LogP contribution in [0.25, 0.3) is 0 Å². The number of carbonyl (C=O) groups excluding carboxylic acids is 4. The maximum atomic E-state index is 12.4.